The number of H-pyrrole nitrogens is 2. The van der Waals surface area contributed by atoms with Crippen LogP contribution in [0, 0.1) is 0 Å². The van der Waals surface area contributed by atoms with Crippen molar-refractivity contribution in [2.24, 2.45) is 5.73 Å². The third-order valence-corrected chi connectivity index (χ3v) is 7.09. The van der Waals surface area contributed by atoms with Crippen molar-refractivity contribution < 1.29 is 24.3 Å². The topological polar surface area (TPSA) is 182 Å². The van der Waals surface area contributed by atoms with E-state index in [1.807, 2.05) is 48.5 Å². The van der Waals surface area contributed by atoms with Crippen LogP contribution in [-0.2, 0) is 32.0 Å². The van der Waals surface area contributed by atoms with Gasteiger partial charge in [0.2, 0.25) is 17.7 Å². The van der Waals surface area contributed by atoms with E-state index in [1.165, 1.54) is 6.92 Å². The fourth-order valence-corrected chi connectivity index (χ4v) is 4.74. The van der Waals surface area contributed by atoms with Gasteiger partial charge in [-0.2, -0.15) is 12.6 Å². The maximum atomic E-state index is 13.2. The minimum Gasteiger partial charge on any atom is -0.480 e. The van der Waals surface area contributed by atoms with E-state index in [0.29, 0.717) is 0 Å². The molecule has 210 valence electrons. The van der Waals surface area contributed by atoms with E-state index in [4.69, 9.17) is 5.73 Å². The van der Waals surface area contributed by atoms with Gasteiger partial charge in [-0.25, -0.2) is 0 Å². The average molecular weight is 565 g/mol. The largest absolute Gasteiger partial charge is 0.480 e. The van der Waals surface area contributed by atoms with Gasteiger partial charge in [0.1, 0.15) is 18.1 Å². The summed E-state index contributed by atoms with van der Waals surface area (Å²) in [6.45, 7) is 1.33. The molecule has 4 rings (SSSR count). The third kappa shape index (κ3) is 6.64. The summed E-state index contributed by atoms with van der Waals surface area (Å²) < 4.78 is 0. The van der Waals surface area contributed by atoms with Gasteiger partial charge in [-0.15, -0.1) is 0 Å². The van der Waals surface area contributed by atoms with Crippen molar-refractivity contribution in [1.82, 2.24) is 25.9 Å². The van der Waals surface area contributed by atoms with E-state index in [0.717, 1.165) is 32.9 Å². The van der Waals surface area contributed by atoms with Crippen LogP contribution in [0.15, 0.2) is 60.9 Å². The number of aromatic amines is 2. The molecule has 0 bridgehead atoms. The lowest BCUT2D eigenvalue weighted by Crippen LogP contribution is -2.58. The quantitative estimate of drug-likeness (QED) is 0.120. The number of carbonyl (C=O) groups is 4. The number of para-hydroxylation sites is 2. The minimum absolute atomic E-state index is 0.0513. The monoisotopic (exact) mass is 564 g/mol. The standard InChI is InChI=1S/C28H32N6O5S/c1-15(28(38)39)32-26(36)23(11-17-13-31-22-9-5-3-7-19(17)22)33-27(37)24(14-40)34-25(35)20(29)10-16-12-30-21-8-4-2-6-18(16)21/h2-9,12-13,15,20,23-24,30-31,40H,10-11,14,29H2,1H3,(H,32,36)(H,33,37)(H,34,35)(H,38,39). The lowest BCUT2D eigenvalue weighted by Gasteiger charge is -2.24. The summed E-state index contributed by atoms with van der Waals surface area (Å²) in [7, 11) is 0. The van der Waals surface area contributed by atoms with Crippen LogP contribution in [0.1, 0.15) is 18.1 Å². The van der Waals surface area contributed by atoms with Gasteiger partial charge in [-0.3, -0.25) is 19.2 Å². The Kier molecular flexibility index (Phi) is 9.12. The lowest BCUT2D eigenvalue weighted by atomic mass is 10.0. The lowest BCUT2D eigenvalue weighted by molar-refractivity contribution is -0.141. The van der Waals surface area contributed by atoms with Gasteiger partial charge < -0.3 is 36.8 Å². The summed E-state index contributed by atoms with van der Waals surface area (Å²) >= 11 is 4.22. The first-order valence-electron chi connectivity index (χ1n) is 12.8. The second-order valence-electron chi connectivity index (χ2n) is 9.61. The van der Waals surface area contributed by atoms with Crippen LogP contribution in [0.5, 0.6) is 0 Å². The van der Waals surface area contributed by atoms with Crippen LogP contribution in [0.2, 0.25) is 0 Å². The molecule has 4 unspecified atom stereocenters. The second-order valence-corrected chi connectivity index (χ2v) is 9.97. The summed E-state index contributed by atoms with van der Waals surface area (Å²) in [6, 6.07) is 10.8. The second kappa shape index (κ2) is 12.7. The van der Waals surface area contributed by atoms with E-state index < -0.39 is 47.9 Å². The molecule has 0 radical (unpaired) electrons. The molecule has 11 nitrogen and oxygen atoms in total. The number of aromatic nitrogens is 2. The van der Waals surface area contributed by atoms with Crippen molar-refractivity contribution in [2.75, 3.05) is 5.75 Å². The zero-order chi connectivity index (χ0) is 28.8. The van der Waals surface area contributed by atoms with Crippen molar-refractivity contribution in [2.45, 2.75) is 43.9 Å². The number of carboxylic acid groups (broad SMARTS) is 1. The van der Waals surface area contributed by atoms with Crippen LogP contribution in [0.25, 0.3) is 21.8 Å². The van der Waals surface area contributed by atoms with E-state index >= 15 is 0 Å². The Bertz CT molecular complexity index is 1530. The minimum atomic E-state index is -1.21. The molecule has 2 aromatic heterocycles. The molecular weight excluding hydrogens is 532 g/mol. The summed E-state index contributed by atoms with van der Waals surface area (Å²) in [5.74, 6) is -3.13. The molecular formula is C28H32N6O5S. The molecule has 3 amide bonds. The molecule has 2 aromatic carbocycles. The van der Waals surface area contributed by atoms with E-state index in [9.17, 15) is 24.3 Å². The number of thiol groups is 1. The molecule has 0 aliphatic carbocycles. The van der Waals surface area contributed by atoms with Gasteiger partial charge in [0.25, 0.3) is 0 Å². The predicted octanol–water partition coefficient (Wildman–Crippen LogP) is 1.25. The molecule has 4 aromatic rings. The molecule has 0 spiro atoms. The number of fused-ring (bicyclic) bond motifs is 2. The number of nitrogens with two attached hydrogens (primary N) is 1. The zero-order valence-corrected chi connectivity index (χ0v) is 22.7. The van der Waals surface area contributed by atoms with Crippen molar-refractivity contribution >= 4 is 58.1 Å². The van der Waals surface area contributed by atoms with Gasteiger partial charge in [0, 0.05) is 46.4 Å². The Morgan fingerprint density at radius 1 is 0.800 bits per heavy atom. The number of aliphatic carboxylic acids is 1. The molecule has 0 saturated heterocycles. The van der Waals surface area contributed by atoms with E-state index in [2.05, 4.69) is 38.5 Å². The summed E-state index contributed by atoms with van der Waals surface area (Å²) in [5.41, 5.74) is 9.58. The van der Waals surface area contributed by atoms with Gasteiger partial charge in [-0.1, -0.05) is 36.4 Å². The molecule has 12 heteroatoms. The number of hydrogen-bond acceptors (Lipinski definition) is 6. The maximum Gasteiger partial charge on any atom is 0.325 e. The first kappa shape index (κ1) is 28.7. The number of rotatable bonds is 12. The number of nitrogens with one attached hydrogen (secondary N) is 5. The summed E-state index contributed by atoms with van der Waals surface area (Å²) in [5, 5.41) is 18.8. The van der Waals surface area contributed by atoms with Crippen LogP contribution in [0.3, 0.4) is 0 Å². The van der Waals surface area contributed by atoms with Crippen molar-refractivity contribution in [1.29, 1.82) is 0 Å². The highest BCUT2D eigenvalue weighted by molar-refractivity contribution is 7.80. The molecule has 8 N–H and O–H groups in total. The average Bonchev–Trinajstić information content (AvgIpc) is 3.55. The Balaban J connectivity index is 1.45. The maximum absolute atomic E-state index is 13.2. The van der Waals surface area contributed by atoms with Gasteiger partial charge >= 0.3 is 5.97 Å². The number of hydrogen-bond donors (Lipinski definition) is 8. The highest BCUT2D eigenvalue weighted by atomic mass is 32.1. The van der Waals surface area contributed by atoms with Crippen molar-refractivity contribution in [3.63, 3.8) is 0 Å². The first-order chi connectivity index (χ1) is 19.2. The summed E-state index contributed by atoms with van der Waals surface area (Å²) in [4.78, 5) is 56.8. The fraction of sp³-hybridized carbons (Fsp3) is 0.286. The van der Waals surface area contributed by atoms with Gasteiger partial charge in [0.05, 0.1) is 6.04 Å². The summed E-state index contributed by atoms with van der Waals surface area (Å²) in [6.07, 6.45) is 3.86. The highest BCUT2D eigenvalue weighted by Gasteiger charge is 2.29. The van der Waals surface area contributed by atoms with Crippen molar-refractivity contribution in [3.05, 3.63) is 72.1 Å². The van der Waals surface area contributed by atoms with E-state index in [1.54, 1.807) is 12.4 Å². The first-order valence-corrected chi connectivity index (χ1v) is 13.4. The molecule has 2 heterocycles. The fourth-order valence-electron chi connectivity index (χ4n) is 4.48. The van der Waals surface area contributed by atoms with Crippen LogP contribution < -0.4 is 21.7 Å². The molecule has 0 fully saturated rings. The Hall–Kier alpha value is -4.29. The molecule has 4 atom stereocenters. The third-order valence-electron chi connectivity index (χ3n) is 6.73. The van der Waals surface area contributed by atoms with Gasteiger partial charge in [0.15, 0.2) is 0 Å². The van der Waals surface area contributed by atoms with Crippen LogP contribution in [0.4, 0.5) is 0 Å². The van der Waals surface area contributed by atoms with Crippen LogP contribution >= 0.6 is 12.6 Å². The SMILES string of the molecule is CC(NC(=O)C(Cc1c[nH]c2ccccc12)NC(=O)C(CS)NC(=O)C(N)Cc1c[nH]c2ccccc12)C(=O)O. The van der Waals surface area contributed by atoms with Crippen molar-refractivity contribution in [3.8, 4) is 0 Å². The Labute approximate surface area is 235 Å². The molecule has 0 aliphatic rings. The normalized spacial score (nSPS) is 14.3. The zero-order valence-electron chi connectivity index (χ0n) is 21.8. The smallest absolute Gasteiger partial charge is 0.325 e. The number of amides is 3. The number of benzene rings is 2. The Morgan fingerprint density at radius 3 is 1.85 bits per heavy atom. The molecule has 0 saturated carbocycles. The van der Waals surface area contributed by atoms with Gasteiger partial charge in [-0.05, 0) is 36.6 Å². The molecule has 40 heavy (non-hydrogen) atoms. The number of carbonyl (C=O) groups excluding carboxylic acids is 3. The Morgan fingerprint density at radius 2 is 1.30 bits per heavy atom. The van der Waals surface area contributed by atoms with Crippen LogP contribution in [-0.4, -0.2) is 68.7 Å². The van der Waals surface area contributed by atoms with E-state index in [-0.39, 0.29) is 18.6 Å². The highest BCUT2D eigenvalue weighted by Crippen LogP contribution is 2.20. The predicted molar refractivity (Wildman–Crippen MR) is 155 cm³/mol. The molecule has 0 aliphatic heterocycles. The number of carboxylic acids is 1.